The van der Waals surface area contributed by atoms with Gasteiger partial charge in [0.2, 0.25) is 11.1 Å². The van der Waals surface area contributed by atoms with Crippen LogP contribution in [0.5, 0.6) is 0 Å². The normalized spacial score (nSPS) is 12.1. The second-order valence-corrected chi connectivity index (χ2v) is 3.50. The van der Waals surface area contributed by atoms with E-state index in [0.717, 1.165) is 0 Å². The van der Waals surface area contributed by atoms with Crippen molar-refractivity contribution in [3.05, 3.63) is 23.1 Å². The molecule has 0 radical (unpaired) electrons. The van der Waals surface area contributed by atoms with Gasteiger partial charge in [-0.15, -0.1) is 0 Å². The van der Waals surface area contributed by atoms with Gasteiger partial charge in [0.15, 0.2) is 0 Å². The highest BCUT2D eigenvalue weighted by Crippen LogP contribution is 2.16. The van der Waals surface area contributed by atoms with E-state index in [0.29, 0.717) is 0 Å². The number of primary amides is 1. The van der Waals surface area contributed by atoms with Gasteiger partial charge in [-0.2, -0.15) is 0 Å². The molecule has 0 fully saturated rings. The summed E-state index contributed by atoms with van der Waals surface area (Å²) in [6, 6.07) is 1.12. The zero-order valence-corrected chi connectivity index (χ0v) is 8.88. The van der Waals surface area contributed by atoms with Gasteiger partial charge in [-0.1, -0.05) is 0 Å². The third-order valence-electron chi connectivity index (χ3n) is 1.75. The van der Waals surface area contributed by atoms with Gasteiger partial charge in [-0.3, -0.25) is 9.59 Å². The molecule has 0 aliphatic carbocycles. The predicted molar refractivity (Wildman–Crippen MR) is 54.5 cm³/mol. The predicted octanol–water partition coefficient (Wildman–Crippen LogP) is 0.927. The van der Waals surface area contributed by atoms with Gasteiger partial charge in [-0.05, 0) is 24.6 Å². The third-order valence-corrected chi connectivity index (χ3v) is 2.04. The van der Waals surface area contributed by atoms with E-state index in [9.17, 15) is 9.59 Å². The summed E-state index contributed by atoms with van der Waals surface area (Å²) in [6.07, 6.45) is 1.40. The standard InChI is InChI=1S/C9H11ClN2O3/c1-5(4-7(11)13)12-9(14)6-2-3-15-8(6)10/h2-3,5H,4H2,1H3,(H2,11,13)(H,12,14). The monoisotopic (exact) mass is 230 g/mol. The number of hydrogen-bond donors (Lipinski definition) is 2. The van der Waals surface area contributed by atoms with Crippen LogP contribution in [0.2, 0.25) is 5.22 Å². The van der Waals surface area contributed by atoms with Crippen LogP contribution in [0.4, 0.5) is 0 Å². The first-order valence-corrected chi connectivity index (χ1v) is 4.70. The fourth-order valence-corrected chi connectivity index (χ4v) is 1.31. The lowest BCUT2D eigenvalue weighted by atomic mass is 10.2. The van der Waals surface area contributed by atoms with Crippen LogP contribution in [0.1, 0.15) is 23.7 Å². The van der Waals surface area contributed by atoms with Crippen molar-refractivity contribution in [2.75, 3.05) is 0 Å². The summed E-state index contributed by atoms with van der Waals surface area (Å²) in [5, 5.41) is 2.60. The van der Waals surface area contributed by atoms with Crippen LogP contribution in [0.25, 0.3) is 0 Å². The number of rotatable bonds is 4. The zero-order chi connectivity index (χ0) is 11.4. The largest absolute Gasteiger partial charge is 0.452 e. The molecular formula is C9H11ClN2O3. The highest BCUT2D eigenvalue weighted by molar-refractivity contribution is 6.32. The lowest BCUT2D eigenvalue weighted by Gasteiger charge is -2.10. The SMILES string of the molecule is CC(CC(N)=O)NC(=O)c1ccoc1Cl. The average Bonchev–Trinajstić information content (AvgIpc) is 2.49. The molecule has 0 aromatic carbocycles. The van der Waals surface area contributed by atoms with Gasteiger partial charge < -0.3 is 15.5 Å². The third kappa shape index (κ3) is 3.28. The zero-order valence-electron chi connectivity index (χ0n) is 8.12. The molecule has 5 nitrogen and oxygen atoms in total. The molecule has 0 spiro atoms. The molecule has 15 heavy (non-hydrogen) atoms. The van der Waals surface area contributed by atoms with Gasteiger partial charge in [0.05, 0.1) is 11.8 Å². The Balaban J connectivity index is 2.56. The minimum atomic E-state index is -0.471. The number of nitrogens with one attached hydrogen (secondary N) is 1. The van der Waals surface area contributed by atoms with Crippen LogP contribution in [0.3, 0.4) is 0 Å². The van der Waals surface area contributed by atoms with Crippen molar-refractivity contribution in [1.82, 2.24) is 5.32 Å². The van der Waals surface area contributed by atoms with Crippen molar-refractivity contribution < 1.29 is 14.0 Å². The molecular weight excluding hydrogens is 220 g/mol. The van der Waals surface area contributed by atoms with Crippen LogP contribution in [-0.4, -0.2) is 17.9 Å². The van der Waals surface area contributed by atoms with E-state index in [2.05, 4.69) is 5.32 Å². The van der Waals surface area contributed by atoms with Crippen LogP contribution in [0, 0.1) is 0 Å². The average molecular weight is 231 g/mol. The van der Waals surface area contributed by atoms with Crippen LogP contribution >= 0.6 is 11.6 Å². The van der Waals surface area contributed by atoms with E-state index in [1.807, 2.05) is 0 Å². The first-order valence-electron chi connectivity index (χ1n) is 4.33. The van der Waals surface area contributed by atoms with Crippen LogP contribution in [-0.2, 0) is 4.79 Å². The summed E-state index contributed by atoms with van der Waals surface area (Å²) in [6.45, 7) is 1.68. The number of furan rings is 1. The number of hydrogen-bond acceptors (Lipinski definition) is 3. The summed E-state index contributed by atoms with van der Waals surface area (Å²) in [7, 11) is 0. The molecule has 0 aliphatic heterocycles. The van der Waals surface area contributed by atoms with E-state index in [-0.39, 0.29) is 29.2 Å². The van der Waals surface area contributed by atoms with E-state index in [1.165, 1.54) is 12.3 Å². The van der Waals surface area contributed by atoms with Gasteiger partial charge in [-0.25, -0.2) is 0 Å². The fraction of sp³-hybridized carbons (Fsp3) is 0.333. The molecule has 1 atom stereocenters. The van der Waals surface area contributed by atoms with E-state index in [1.54, 1.807) is 6.92 Å². The quantitative estimate of drug-likeness (QED) is 0.807. The Hall–Kier alpha value is -1.49. The van der Waals surface area contributed by atoms with Gasteiger partial charge in [0.25, 0.3) is 5.91 Å². The van der Waals surface area contributed by atoms with E-state index >= 15 is 0 Å². The fourth-order valence-electron chi connectivity index (χ4n) is 1.11. The topological polar surface area (TPSA) is 85.3 Å². The van der Waals surface area contributed by atoms with Gasteiger partial charge >= 0.3 is 0 Å². The highest BCUT2D eigenvalue weighted by atomic mass is 35.5. The second-order valence-electron chi connectivity index (χ2n) is 3.15. The first-order chi connectivity index (χ1) is 7.00. The van der Waals surface area contributed by atoms with Crippen molar-refractivity contribution in [2.45, 2.75) is 19.4 Å². The summed E-state index contributed by atoms with van der Waals surface area (Å²) in [5.74, 6) is -0.858. The molecule has 0 bridgehead atoms. The Bertz CT molecular complexity index is 375. The molecule has 1 aromatic heterocycles. The van der Waals surface area contributed by atoms with Crippen LogP contribution < -0.4 is 11.1 Å². The minimum Gasteiger partial charge on any atom is -0.452 e. The summed E-state index contributed by atoms with van der Waals surface area (Å²) in [4.78, 5) is 22.1. The number of amides is 2. The maximum Gasteiger partial charge on any atom is 0.256 e. The van der Waals surface area contributed by atoms with Gasteiger partial charge in [0, 0.05) is 12.5 Å². The molecule has 1 rings (SSSR count). The van der Waals surface area contributed by atoms with Crippen molar-refractivity contribution in [3.8, 4) is 0 Å². The number of halogens is 1. The maximum absolute atomic E-state index is 11.5. The van der Waals surface area contributed by atoms with Crippen molar-refractivity contribution in [3.63, 3.8) is 0 Å². The van der Waals surface area contributed by atoms with Crippen LogP contribution in [0.15, 0.2) is 16.7 Å². The first kappa shape index (κ1) is 11.6. The molecule has 0 saturated carbocycles. The molecule has 1 unspecified atom stereocenters. The van der Waals surface area contributed by atoms with Crippen molar-refractivity contribution >= 4 is 23.4 Å². The smallest absolute Gasteiger partial charge is 0.256 e. The Morgan fingerprint density at radius 1 is 1.67 bits per heavy atom. The maximum atomic E-state index is 11.5. The number of nitrogens with two attached hydrogens (primary N) is 1. The molecule has 0 aliphatic rings. The Labute approximate surface area is 91.6 Å². The lowest BCUT2D eigenvalue weighted by molar-refractivity contribution is -0.118. The summed E-state index contributed by atoms with van der Waals surface area (Å²) in [5.41, 5.74) is 5.23. The molecule has 1 heterocycles. The minimum absolute atomic E-state index is 0.0266. The number of carbonyl (C=O) groups is 2. The molecule has 82 valence electrons. The molecule has 6 heteroatoms. The molecule has 3 N–H and O–H groups in total. The van der Waals surface area contributed by atoms with Crippen molar-refractivity contribution in [1.29, 1.82) is 0 Å². The van der Waals surface area contributed by atoms with E-state index < -0.39 is 5.91 Å². The lowest BCUT2D eigenvalue weighted by Crippen LogP contribution is -2.35. The summed E-state index contributed by atoms with van der Waals surface area (Å²) >= 11 is 5.60. The number of carbonyl (C=O) groups excluding carboxylic acids is 2. The Morgan fingerprint density at radius 2 is 2.33 bits per heavy atom. The molecule has 1 aromatic rings. The highest BCUT2D eigenvalue weighted by Gasteiger charge is 2.15. The summed E-state index contributed by atoms with van der Waals surface area (Å²) < 4.78 is 4.76. The molecule has 0 saturated heterocycles. The Kier molecular flexibility index (Phi) is 3.74. The Morgan fingerprint density at radius 3 is 2.80 bits per heavy atom. The van der Waals surface area contributed by atoms with Crippen molar-refractivity contribution in [2.24, 2.45) is 5.73 Å². The van der Waals surface area contributed by atoms with Gasteiger partial charge in [0.1, 0.15) is 0 Å². The second kappa shape index (κ2) is 4.84. The van der Waals surface area contributed by atoms with E-state index in [4.69, 9.17) is 21.8 Å². The molecule has 2 amide bonds.